The number of carbonyl (C=O) groups excluding carboxylic acids is 1. The largest absolute Gasteiger partial charge is 0.389 e. The topological polar surface area (TPSA) is 70.6 Å². The molecule has 2 amide bonds. The van der Waals surface area contributed by atoms with Crippen molar-refractivity contribution in [3.63, 3.8) is 0 Å². The molecule has 18 heavy (non-hydrogen) atoms. The molecule has 0 aliphatic carbocycles. The van der Waals surface area contributed by atoms with Gasteiger partial charge < -0.3 is 20.5 Å². The monoisotopic (exact) mass is 260 g/mol. The summed E-state index contributed by atoms with van der Waals surface area (Å²) >= 11 is 0. The number of carbonyl (C=O) groups is 1. The summed E-state index contributed by atoms with van der Waals surface area (Å²) in [5.41, 5.74) is -0.531. The summed E-state index contributed by atoms with van der Waals surface area (Å²) in [5, 5.41) is 13.5. The quantitative estimate of drug-likeness (QED) is 0.742. The molecule has 0 bridgehead atoms. The number of rotatable bonds is 5. The van der Waals surface area contributed by atoms with Gasteiger partial charge in [-0.25, -0.2) is 13.6 Å². The van der Waals surface area contributed by atoms with Crippen LogP contribution in [0.2, 0.25) is 0 Å². The van der Waals surface area contributed by atoms with E-state index in [1.165, 1.54) is 13.2 Å². The van der Waals surface area contributed by atoms with Crippen molar-refractivity contribution in [2.24, 2.45) is 0 Å². The van der Waals surface area contributed by atoms with Crippen LogP contribution in [0.5, 0.6) is 0 Å². The number of hydrogen-bond acceptors (Lipinski definition) is 3. The summed E-state index contributed by atoms with van der Waals surface area (Å²) in [4.78, 5) is 11.3. The van der Waals surface area contributed by atoms with Crippen LogP contribution in [0.3, 0.4) is 0 Å². The lowest BCUT2D eigenvalue weighted by molar-refractivity contribution is 0.0663. The Morgan fingerprint density at radius 2 is 2.06 bits per heavy atom. The number of para-hydroxylation sites is 1. The minimum absolute atomic E-state index is 0.0499. The van der Waals surface area contributed by atoms with Crippen molar-refractivity contribution in [3.05, 3.63) is 29.8 Å². The van der Waals surface area contributed by atoms with Crippen molar-refractivity contribution >= 4 is 11.7 Å². The van der Waals surface area contributed by atoms with Crippen LogP contribution in [0, 0.1) is 11.6 Å². The number of anilines is 1. The average molecular weight is 260 g/mol. The van der Waals surface area contributed by atoms with Crippen molar-refractivity contribution in [2.45, 2.75) is 6.10 Å². The average Bonchev–Trinajstić information content (AvgIpc) is 2.32. The zero-order valence-corrected chi connectivity index (χ0v) is 9.74. The first-order chi connectivity index (χ1) is 8.54. The Balaban J connectivity index is 2.50. The van der Waals surface area contributed by atoms with E-state index in [2.05, 4.69) is 10.1 Å². The second-order valence-electron chi connectivity index (χ2n) is 3.54. The lowest BCUT2D eigenvalue weighted by Gasteiger charge is -2.12. The van der Waals surface area contributed by atoms with Gasteiger partial charge in [0.2, 0.25) is 0 Å². The van der Waals surface area contributed by atoms with E-state index < -0.39 is 29.5 Å². The second-order valence-corrected chi connectivity index (χ2v) is 3.54. The molecule has 100 valence electrons. The summed E-state index contributed by atoms with van der Waals surface area (Å²) in [7, 11) is 1.40. The molecule has 0 fully saturated rings. The summed E-state index contributed by atoms with van der Waals surface area (Å²) in [5.74, 6) is -1.75. The number of nitrogens with one attached hydrogen (secondary N) is 2. The summed E-state index contributed by atoms with van der Waals surface area (Å²) < 4.78 is 31.0. The number of aliphatic hydroxyl groups excluding tert-OH is 1. The van der Waals surface area contributed by atoms with E-state index >= 15 is 0 Å². The minimum atomic E-state index is -0.883. The standard InChI is InChI=1S/C11H14F2N2O3/c1-18-6-7(16)5-14-11(17)15-10-8(12)3-2-4-9(10)13/h2-4,7,16H,5-6H2,1H3,(H2,14,15,17). The fourth-order valence-corrected chi connectivity index (χ4v) is 1.24. The Kier molecular flexibility index (Phi) is 5.47. The normalized spacial score (nSPS) is 12.0. The van der Waals surface area contributed by atoms with E-state index in [1.807, 2.05) is 5.32 Å². The van der Waals surface area contributed by atoms with Crippen LogP contribution >= 0.6 is 0 Å². The maximum atomic E-state index is 13.2. The van der Waals surface area contributed by atoms with Gasteiger partial charge in [0.25, 0.3) is 0 Å². The zero-order chi connectivity index (χ0) is 13.5. The molecule has 0 saturated carbocycles. The fraction of sp³-hybridized carbons (Fsp3) is 0.364. The van der Waals surface area contributed by atoms with Crippen LogP contribution < -0.4 is 10.6 Å². The molecule has 1 aromatic carbocycles. The number of amides is 2. The van der Waals surface area contributed by atoms with Gasteiger partial charge in [-0.1, -0.05) is 6.07 Å². The lowest BCUT2D eigenvalue weighted by Crippen LogP contribution is -2.37. The van der Waals surface area contributed by atoms with E-state index in [9.17, 15) is 18.7 Å². The highest BCUT2D eigenvalue weighted by Gasteiger charge is 2.12. The van der Waals surface area contributed by atoms with Crippen LogP contribution in [0.1, 0.15) is 0 Å². The Hall–Kier alpha value is -1.73. The predicted octanol–water partition coefficient (Wildman–Crippen LogP) is 1.09. The van der Waals surface area contributed by atoms with Crippen LogP contribution in [-0.2, 0) is 4.74 Å². The maximum Gasteiger partial charge on any atom is 0.319 e. The Labute approximate surface area is 103 Å². The molecule has 0 saturated heterocycles. The molecule has 0 radical (unpaired) electrons. The fourth-order valence-electron chi connectivity index (χ4n) is 1.24. The van der Waals surface area contributed by atoms with E-state index in [-0.39, 0.29) is 13.2 Å². The highest BCUT2D eigenvalue weighted by molar-refractivity contribution is 5.89. The molecule has 0 heterocycles. The van der Waals surface area contributed by atoms with E-state index in [0.29, 0.717) is 0 Å². The van der Waals surface area contributed by atoms with E-state index in [0.717, 1.165) is 12.1 Å². The Morgan fingerprint density at radius 3 is 2.61 bits per heavy atom. The first-order valence-corrected chi connectivity index (χ1v) is 5.20. The molecule has 1 atom stereocenters. The molecule has 0 aliphatic heterocycles. The van der Waals surface area contributed by atoms with Crippen LogP contribution in [-0.4, -0.2) is 37.5 Å². The lowest BCUT2D eigenvalue weighted by atomic mass is 10.3. The zero-order valence-electron chi connectivity index (χ0n) is 9.74. The SMILES string of the molecule is COCC(O)CNC(=O)Nc1c(F)cccc1F. The van der Waals surface area contributed by atoms with Gasteiger partial charge in [-0.2, -0.15) is 0 Å². The first kappa shape index (κ1) is 14.3. The van der Waals surface area contributed by atoms with Gasteiger partial charge in [-0.15, -0.1) is 0 Å². The number of halogens is 2. The molecule has 5 nitrogen and oxygen atoms in total. The van der Waals surface area contributed by atoms with Gasteiger partial charge in [0.15, 0.2) is 0 Å². The summed E-state index contributed by atoms with van der Waals surface area (Å²) in [6, 6.07) is 2.43. The van der Waals surface area contributed by atoms with Gasteiger partial charge in [0.05, 0.1) is 12.7 Å². The predicted molar refractivity (Wildman–Crippen MR) is 61.3 cm³/mol. The Morgan fingerprint density at radius 1 is 1.44 bits per heavy atom. The minimum Gasteiger partial charge on any atom is -0.389 e. The molecule has 1 aromatic rings. The number of urea groups is 1. The van der Waals surface area contributed by atoms with Crippen molar-refractivity contribution in [3.8, 4) is 0 Å². The van der Waals surface area contributed by atoms with Gasteiger partial charge in [-0.3, -0.25) is 0 Å². The maximum absolute atomic E-state index is 13.2. The third-order valence-electron chi connectivity index (χ3n) is 2.06. The highest BCUT2D eigenvalue weighted by Crippen LogP contribution is 2.17. The number of benzene rings is 1. The summed E-state index contributed by atoms with van der Waals surface area (Å²) in [6.45, 7) is -0.0376. The second kappa shape index (κ2) is 6.87. The van der Waals surface area contributed by atoms with Gasteiger partial charge in [0.1, 0.15) is 17.3 Å². The molecule has 1 rings (SSSR count). The number of hydrogen-bond donors (Lipinski definition) is 3. The highest BCUT2D eigenvalue weighted by atomic mass is 19.1. The summed E-state index contributed by atoms with van der Waals surface area (Å²) in [6.07, 6.45) is -0.883. The van der Waals surface area contributed by atoms with Gasteiger partial charge in [0, 0.05) is 13.7 Å². The third-order valence-corrected chi connectivity index (χ3v) is 2.06. The van der Waals surface area contributed by atoms with Gasteiger partial charge in [-0.05, 0) is 12.1 Å². The van der Waals surface area contributed by atoms with Crippen LogP contribution in [0.25, 0.3) is 0 Å². The number of ether oxygens (including phenoxy) is 1. The van der Waals surface area contributed by atoms with Crippen molar-refractivity contribution in [2.75, 3.05) is 25.6 Å². The van der Waals surface area contributed by atoms with Crippen molar-refractivity contribution < 1.29 is 23.4 Å². The van der Waals surface area contributed by atoms with E-state index in [1.54, 1.807) is 0 Å². The molecule has 0 aromatic heterocycles. The van der Waals surface area contributed by atoms with Crippen molar-refractivity contribution in [1.82, 2.24) is 5.32 Å². The van der Waals surface area contributed by atoms with Crippen LogP contribution in [0.4, 0.5) is 19.3 Å². The number of methoxy groups -OCH3 is 1. The smallest absolute Gasteiger partial charge is 0.319 e. The first-order valence-electron chi connectivity index (χ1n) is 5.20. The molecule has 1 unspecified atom stereocenters. The molecule has 3 N–H and O–H groups in total. The molecule has 0 aliphatic rings. The van der Waals surface area contributed by atoms with Crippen molar-refractivity contribution in [1.29, 1.82) is 0 Å². The molecule has 0 spiro atoms. The van der Waals surface area contributed by atoms with E-state index in [4.69, 9.17) is 0 Å². The third kappa shape index (κ3) is 4.27. The van der Waals surface area contributed by atoms with Gasteiger partial charge >= 0.3 is 6.03 Å². The number of aliphatic hydroxyl groups is 1. The molecule has 7 heteroatoms. The van der Waals surface area contributed by atoms with Crippen LogP contribution in [0.15, 0.2) is 18.2 Å². The molecular formula is C11H14F2N2O3. The molecular weight excluding hydrogens is 246 g/mol. The Bertz CT molecular complexity index is 395.